The first-order valence-electron chi connectivity index (χ1n) is 4.44. The molecule has 1 atom stereocenters. The molecule has 2 heterocycles. The highest BCUT2D eigenvalue weighted by atomic mass is 79.9. The van der Waals surface area contributed by atoms with E-state index in [1.165, 1.54) is 6.42 Å². The quantitative estimate of drug-likeness (QED) is 0.827. The smallest absolute Gasteiger partial charge is 0.140 e. The predicted octanol–water partition coefficient (Wildman–Crippen LogP) is 1.62. The molecule has 2 rings (SSSR count). The summed E-state index contributed by atoms with van der Waals surface area (Å²) in [5, 5.41) is 6.70. The first-order valence-corrected chi connectivity index (χ1v) is 5.23. The molecule has 1 fully saturated rings. The Labute approximate surface area is 86.1 Å². The van der Waals surface area contributed by atoms with E-state index in [1.807, 2.05) is 12.1 Å². The van der Waals surface area contributed by atoms with Crippen LogP contribution in [0.25, 0.3) is 0 Å². The third-order valence-electron chi connectivity index (χ3n) is 2.16. The van der Waals surface area contributed by atoms with Crippen LogP contribution in [0.15, 0.2) is 22.8 Å². The predicted molar refractivity (Wildman–Crippen MR) is 56.8 cm³/mol. The molecule has 70 valence electrons. The van der Waals surface area contributed by atoms with Gasteiger partial charge in [0.25, 0.3) is 0 Å². The number of nitrogens with one attached hydrogen (secondary N) is 2. The molecule has 13 heavy (non-hydrogen) atoms. The number of hydrogen-bond donors (Lipinski definition) is 2. The Kier molecular flexibility index (Phi) is 2.80. The highest BCUT2D eigenvalue weighted by Gasteiger charge is 2.14. The number of hydrogen-bond acceptors (Lipinski definition) is 3. The molecule has 1 saturated heterocycles. The minimum Gasteiger partial charge on any atom is -0.365 e. The Morgan fingerprint density at radius 1 is 1.62 bits per heavy atom. The summed E-state index contributed by atoms with van der Waals surface area (Å²) in [5.41, 5.74) is 0. The van der Waals surface area contributed by atoms with Crippen LogP contribution in [0.5, 0.6) is 0 Å². The van der Waals surface area contributed by atoms with Crippen LogP contribution in [-0.2, 0) is 0 Å². The second kappa shape index (κ2) is 4.07. The van der Waals surface area contributed by atoms with Crippen LogP contribution < -0.4 is 10.6 Å². The molecule has 1 aliphatic heterocycles. The van der Waals surface area contributed by atoms with Crippen molar-refractivity contribution < 1.29 is 0 Å². The van der Waals surface area contributed by atoms with Gasteiger partial charge in [-0.25, -0.2) is 4.98 Å². The molecule has 0 radical (unpaired) electrons. The molecule has 1 aromatic rings. The van der Waals surface area contributed by atoms with E-state index in [4.69, 9.17) is 0 Å². The Morgan fingerprint density at radius 2 is 2.54 bits per heavy atom. The summed E-state index contributed by atoms with van der Waals surface area (Å²) in [6.07, 6.45) is 2.97. The lowest BCUT2D eigenvalue weighted by Gasteiger charge is -2.12. The fourth-order valence-corrected chi connectivity index (χ4v) is 1.83. The second-order valence-electron chi connectivity index (χ2n) is 3.17. The first kappa shape index (κ1) is 8.97. The number of halogens is 1. The van der Waals surface area contributed by atoms with Crippen LogP contribution in [0.1, 0.15) is 6.42 Å². The molecule has 2 N–H and O–H groups in total. The molecule has 0 aromatic carbocycles. The molecule has 0 unspecified atom stereocenters. The van der Waals surface area contributed by atoms with Crippen molar-refractivity contribution in [2.75, 3.05) is 18.4 Å². The third kappa shape index (κ3) is 2.19. The number of nitrogens with zero attached hydrogens (tertiary/aromatic N) is 1. The molecular formula is C9H12BrN3. The van der Waals surface area contributed by atoms with Crippen molar-refractivity contribution in [3.63, 3.8) is 0 Å². The monoisotopic (exact) mass is 241 g/mol. The fraction of sp³-hybridized carbons (Fsp3) is 0.444. The maximum Gasteiger partial charge on any atom is 0.140 e. The van der Waals surface area contributed by atoms with E-state index in [2.05, 4.69) is 31.5 Å². The van der Waals surface area contributed by atoms with Gasteiger partial charge in [0.1, 0.15) is 5.82 Å². The normalized spacial score (nSPS) is 21.8. The van der Waals surface area contributed by atoms with Gasteiger partial charge in [0.2, 0.25) is 0 Å². The molecule has 4 heteroatoms. The summed E-state index contributed by atoms with van der Waals surface area (Å²) in [5.74, 6) is 0.941. The Morgan fingerprint density at radius 3 is 3.23 bits per heavy atom. The summed E-state index contributed by atoms with van der Waals surface area (Å²) >= 11 is 3.46. The molecule has 0 aliphatic carbocycles. The van der Waals surface area contributed by atoms with Gasteiger partial charge in [0, 0.05) is 18.8 Å². The largest absolute Gasteiger partial charge is 0.365 e. The van der Waals surface area contributed by atoms with E-state index in [9.17, 15) is 0 Å². The lowest BCUT2D eigenvalue weighted by molar-refractivity contribution is 0.787. The van der Waals surface area contributed by atoms with E-state index < -0.39 is 0 Å². The highest BCUT2D eigenvalue weighted by Crippen LogP contribution is 2.19. The van der Waals surface area contributed by atoms with Gasteiger partial charge in [0.15, 0.2) is 0 Å². The fourth-order valence-electron chi connectivity index (χ4n) is 1.46. The van der Waals surface area contributed by atoms with Crippen molar-refractivity contribution in [1.82, 2.24) is 10.3 Å². The average Bonchev–Trinajstić information content (AvgIpc) is 2.61. The van der Waals surface area contributed by atoms with Gasteiger partial charge in [-0.15, -0.1) is 0 Å². The zero-order chi connectivity index (χ0) is 9.10. The standard InChI is InChI=1S/C9H12BrN3/c10-8-2-1-4-12-9(8)13-7-3-5-11-6-7/h1-2,4,7,11H,3,5-6H2,(H,12,13)/t7-/m1/s1. The van der Waals surface area contributed by atoms with E-state index in [-0.39, 0.29) is 0 Å². The maximum absolute atomic E-state index is 4.26. The summed E-state index contributed by atoms with van der Waals surface area (Å²) < 4.78 is 1.03. The van der Waals surface area contributed by atoms with Gasteiger partial charge >= 0.3 is 0 Å². The van der Waals surface area contributed by atoms with E-state index in [0.29, 0.717) is 6.04 Å². The van der Waals surface area contributed by atoms with Crippen LogP contribution in [0, 0.1) is 0 Å². The van der Waals surface area contributed by atoms with Crippen LogP contribution in [-0.4, -0.2) is 24.1 Å². The van der Waals surface area contributed by atoms with Crippen molar-refractivity contribution in [2.24, 2.45) is 0 Å². The van der Waals surface area contributed by atoms with Crippen molar-refractivity contribution in [3.05, 3.63) is 22.8 Å². The van der Waals surface area contributed by atoms with Gasteiger partial charge in [0.05, 0.1) is 4.47 Å². The molecule has 1 aromatic heterocycles. The van der Waals surface area contributed by atoms with E-state index in [1.54, 1.807) is 6.20 Å². The van der Waals surface area contributed by atoms with Crippen LogP contribution in [0.4, 0.5) is 5.82 Å². The van der Waals surface area contributed by atoms with Gasteiger partial charge in [-0.2, -0.15) is 0 Å². The van der Waals surface area contributed by atoms with Crippen LogP contribution in [0.3, 0.4) is 0 Å². The Hall–Kier alpha value is -0.610. The summed E-state index contributed by atoms with van der Waals surface area (Å²) in [6, 6.07) is 4.44. The number of rotatable bonds is 2. The van der Waals surface area contributed by atoms with E-state index in [0.717, 1.165) is 23.4 Å². The summed E-state index contributed by atoms with van der Waals surface area (Å²) in [4.78, 5) is 4.26. The number of aromatic nitrogens is 1. The Bertz CT molecular complexity index is 284. The van der Waals surface area contributed by atoms with Crippen molar-refractivity contribution in [1.29, 1.82) is 0 Å². The molecule has 0 amide bonds. The molecule has 0 saturated carbocycles. The van der Waals surface area contributed by atoms with Gasteiger partial charge < -0.3 is 10.6 Å². The molecule has 0 bridgehead atoms. The maximum atomic E-state index is 4.26. The zero-order valence-electron chi connectivity index (χ0n) is 7.26. The Balaban J connectivity index is 2.04. The first-order chi connectivity index (χ1) is 6.36. The van der Waals surface area contributed by atoms with Gasteiger partial charge in [-0.05, 0) is 41.0 Å². The SMILES string of the molecule is Brc1cccnc1N[C@@H]1CCNC1. The number of anilines is 1. The van der Waals surface area contributed by atoms with Crippen LogP contribution in [0.2, 0.25) is 0 Å². The lowest BCUT2D eigenvalue weighted by Crippen LogP contribution is -2.22. The summed E-state index contributed by atoms with van der Waals surface area (Å²) in [6.45, 7) is 2.13. The third-order valence-corrected chi connectivity index (χ3v) is 2.80. The molecule has 0 spiro atoms. The van der Waals surface area contributed by atoms with E-state index >= 15 is 0 Å². The molecule has 3 nitrogen and oxygen atoms in total. The molecular weight excluding hydrogens is 230 g/mol. The topological polar surface area (TPSA) is 37.0 Å². The molecule has 1 aliphatic rings. The minimum absolute atomic E-state index is 0.520. The minimum atomic E-state index is 0.520. The summed E-state index contributed by atoms with van der Waals surface area (Å²) in [7, 11) is 0. The second-order valence-corrected chi connectivity index (χ2v) is 4.02. The zero-order valence-corrected chi connectivity index (χ0v) is 8.84. The highest BCUT2D eigenvalue weighted by molar-refractivity contribution is 9.10. The van der Waals surface area contributed by atoms with Crippen molar-refractivity contribution in [2.45, 2.75) is 12.5 Å². The van der Waals surface area contributed by atoms with Crippen molar-refractivity contribution in [3.8, 4) is 0 Å². The van der Waals surface area contributed by atoms with Gasteiger partial charge in [-0.1, -0.05) is 0 Å². The van der Waals surface area contributed by atoms with Crippen molar-refractivity contribution >= 4 is 21.7 Å². The van der Waals surface area contributed by atoms with Crippen LogP contribution >= 0.6 is 15.9 Å². The number of pyridine rings is 1. The van der Waals surface area contributed by atoms with Gasteiger partial charge in [-0.3, -0.25) is 0 Å². The average molecular weight is 242 g/mol. The lowest BCUT2D eigenvalue weighted by atomic mass is 10.2.